The quantitative estimate of drug-likeness (QED) is 0.600. The number of alkyl halides is 6. The molecule has 1 aliphatic rings. The third-order valence-corrected chi connectivity index (χ3v) is 7.54. The van der Waals surface area contributed by atoms with Crippen LogP contribution in [0, 0.1) is 0 Å². The number of benzene rings is 1. The maximum absolute atomic E-state index is 13.3. The Morgan fingerprint density at radius 2 is 1.65 bits per heavy atom. The predicted octanol–water partition coefficient (Wildman–Crippen LogP) is 4.05. The van der Waals surface area contributed by atoms with Crippen molar-refractivity contribution in [1.29, 1.82) is 0 Å². The third-order valence-electron chi connectivity index (χ3n) is 3.88. The Bertz CT molecular complexity index is 512. The van der Waals surface area contributed by atoms with E-state index in [0.717, 1.165) is 0 Å². The Morgan fingerprint density at radius 1 is 1.09 bits per heavy atom. The lowest BCUT2D eigenvalue weighted by molar-refractivity contribution is -0.368. The summed E-state index contributed by atoms with van der Waals surface area (Å²) in [5.74, 6) is 0. The minimum atomic E-state index is -5.56. The van der Waals surface area contributed by atoms with Gasteiger partial charge >= 0.3 is 20.9 Å². The van der Waals surface area contributed by atoms with Gasteiger partial charge in [0.15, 0.2) is 0 Å². The van der Waals surface area contributed by atoms with Gasteiger partial charge in [-0.15, -0.1) is 0 Å². The highest BCUT2D eigenvalue weighted by Crippen LogP contribution is 2.53. The van der Waals surface area contributed by atoms with E-state index < -0.39 is 32.9 Å². The van der Waals surface area contributed by atoms with Crippen molar-refractivity contribution in [2.45, 2.75) is 43.8 Å². The largest absolute Gasteiger partial charge is 0.425 e. The Kier molecular flexibility index (Phi) is 4.85. The van der Waals surface area contributed by atoms with Gasteiger partial charge < -0.3 is 8.85 Å². The van der Waals surface area contributed by atoms with Gasteiger partial charge in [0, 0.05) is 6.61 Å². The van der Waals surface area contributed by atoms with Crippen LogP contribution in [0.2, 0.25) is 6.04 Å². The maximum Gasteiger partial charge on any atom is 0.425 e. The van der Waals surface area contributed by atoms with Gasteiger partial charge in [0.2, 0.25) is 0 Å². The van der Waals surface area contributed by atoms with Crippen LogP contribution in [0.3, 0.4) is 0 Å². The molecule has 9 heteroatoms. The van der Waals surface area contributed by atoms with E-state index in [1.54, 1.807) is 18.2 Å². The Hall–Kier alpha value is -1.06. The molecule has 0 aliphatic carbocycles. The fraction of sp³-hybridized carbons (Fsp3) is 0.571. The number of hydrogen-bond donors (Lipinski definition) is 0. The van der Waals surface area contributed by atoms with E-state index in [1.165, 1.54) is 19.1 Å². The van der Waals surface area contributed by atoms with E-state index in [2.05, 4.69) is 0 Å². The molecule has 0 amide bonds. The predicted molar refractivity (Wildman–Crippen MR) is 73.4 cm³/mol. The second-order valence-electron chi connectivity index (χ2n) is 5.33. The van der Waals surface area contributed by atoms with Gasteiger partial charge in [-0.3, -0.25) is 0 Å². The van der Waals surface area contributed by atoms with Crippen LogP contribution >= 0.6 is 0 Å². The highest BCUT2D eigenvalue weighted by Gasteiger charge is 2.75. The van der Waals surface area contributed by atoms with Crippen molar-refractivity contribution in [1.82, 2.24) is 0 Å². The molecular formula is C14H16F6O2Si. The zero-order valence-corrected chi connectivity index (χ0v) is 13.3. The topological polar surface area (TPSA) is 18.5 Å². The second kappa shape index (κ2) is 6.10. The first-order valence-electron chi connectivity index (χ1n) is 7.11. The number of hydrogen-bond acceptors (Lipinski definition) is 2. The fourth-order valence-corrected chi connectivity index (χ4v) is 6.41. The molecule has 130 valence electrons. The van der Waals surface area contributed by atoms with E-state index in [0.29, 0.717) is 0 Å². The average molecular weight is 358 g/mol. The molecular weight excluding hydrogens is 342 g/mol. The second-order valence-corrected chi connectivity index (χ2v) is 8.41. The van der Waals surface area contributed by atoms with Crippen LogP contribution in [0.5, 0.6) is 0 Å². The van der Waals surface area contributed by atoms with Crippen molar-refractivity contribution >= 4 is 13.7 Å². The summed E-state index contributed by atoms with van der Waals surface area (Å²) in [6, 6.07) is 7.70. The molecule has 0 bridgehead atoms. The highest BCUT2D eigenvalue weighted by molar-refractivity contribution is 6.81. The normalized spacial score (nSPS) is 25.3. The third kappa shape index (κ3) is 3.14. The Balaban J connectivity index is 2.55. The zero-order chi connectivity index (χ0) is 17.4. The van der Waals surface area contributed by atoms with Gasteiger partial charge in [-0.1, -0.05) is 30.3 Å². The van der Waals surface area contributed by atoms with E-state index >= 15 is 0 Å². The number of halogens is 6. The van der Waals surface area contributed by atoms with E-state index in [4.69, 9.17) is 8.85 Å². The zero-order valence-electron chi connectivity index (χ0n) is 12.3. The van der Waals surface area contributed by atoms with Crippen LogP contribution in [0.25, 0.3) is 0 Å². The van der Waals surface area contributed by atoms with Gasteiger partial charge in [-0.25, -0.2) is 0 Å². The standard InChI is InChI=1S/C14H16F6O2Si/c1-2-21-23(11-7-4-3-5-8-11)10-6-9-12(22-23,13(15,16)17)14(18,19)20/h3-5,7-8H,2,6,9-10H2,1H3. The summed E-state index contributed by atoms with van der Waals surface area (Å²) >= 11 is 0. The Labute approximate surface area is 130 Å². The van der Waals surface area contributed by atoms with Crippen molar-refractivity contribution in [2.75, 3.05) is 6.61 Å². The van der Waals surface area contributed by atoms with Crippen LogP contribution in [0.15, 0.2) is 30.3 Å². The first kappa shape index (κ1) is 18.3. The molecule has 23 heavy (non-hydrogen) atoms. The molecule has 0 spiro atoms. The minimum Gasteiger partial charge on any atom is -0.391 e. The average Bonchev–Trinajstić information content (AvgIpc) is 2.46. The molecule has 1 atom stereocenters. The molecule has 0 radical (unpaired) electrons. The molecule has 1 saturated heterocycles. The van der Waals surface area contributed by atoms with Crippen LogP contribution in [0.1, 0.15) is 19.8 Å². The lowest BCUT2D eigenvalue weighted by atomic mass is 9.96. The summed E-state index contributed by atoms with van der Waals surface area (Å²) in [6.45, 7) is 1.51. The smallest absolute Gasteiger partial charge is 0.391 e. The Morgan fingerprint density at radius 3 is 2.13 bits per heavy atom. The van der Waals surface area contributed by atoms with E-state index in [9.17, 15) is 26.3 Å². The van der Waals surface area contributed by atoms with Crippen LogP contribution in [0.4, 0.5) is 26.3 Å². The van der Waals surface area contributed by atoms with Crippen molar-refractivity contribution in [3.8, 4) is 0 Å². The van der Waals surface area contributed by atoms with Crippen molar-refractivity contribution < 1.29 is 35.2 Å². The molecule has 1 unspecified atom stereocenters. The highest BCUT2D eigenvalue weighted by atomic mass is 28.4. The molecule has 2 nitrogen and oxygen atoms in total. The summed E-state index contributed by atoms with van der Waals surface area (Å²) < 4.78 is 90.2. The molecule has 1 heterocycles. The molecule has 1 fully saturated rings. The summed E-state index contributed by atoms with van der Waals surface area (Å²) in [6.07, 6.45) is -12.5. The summed E-state index contributed by atoms with van der Waals surface area (Å²) in [4.78, 5) is 0. The SMILES string of the molecule is CCO[Si]1(c2ccccc2)CCCC(C(F)(F)F)(C(F)(F)F)O1. The van der Waals surface area contributed by atoms with Crippen LogP contribution in [-0.4, -0.2) is 33.1 Å². The first-order chi connectivity index (χ1) is 10.6. The molecule has 1 aromatic rings. The lowest BCUT2D eigenvalue weighted by Crippen LogP contribution is -2.70. The molecule has 0 aromatic heterocycles. The monoisotopic (exact) mass is 358 g/mol. The van der Waals surface area contributed by atoms with E-state index in [-0.39, 0.29) is 24.3 Å². The molecule has 0 saturated carbocycles. The summed E-state index contributed by atoms with van der Waals surface area (Å²) in [7, 11) is -3.85. The minimum absolute atomic E-state index is 0.0209. The maximum atomic E-state index is 13.3. The molecule has 1 aromatic carbocycles. The summed E-state index contributed by atoms with van der Waals surface area (Å²) in [5, 5.41) is 0.277. The van der Waals surface area contributed by atoms with Gasteiger partial charge in [0.05, 0.1) is 0 Å². The molecule has 1 aliphatic heterocycles. The van der Waals surface area contributed by atoms with Gasteiger partial charge in [0.1, 0.15) is 0 Å². The molecule has 0 N–H and O–H groups in total. The van der Waals surface area contributed by atoms with Crippen molar-refractivity contribution in [2.24, 2.45) is 0 Å². The van der Waals surface area contributed by atoms with Crippen LogP contribution in [-0.2, 0) is 8.85 Å². The van der Waals surface area contributed by atoms with Gasteiger partial charge in [0.25, 0.3) is 5.60 Å². The van der Waals surface area contributed by atoms with Crippen LogP contribution < -0.4 is 5.19 Å². The molecule has 2 rings (SSSR count). The first-order valence-corrected chi connectivity index (χ1v) is 9.13. The van der Waals surface area contributed by atoms with E-state index in [1.807, 2.05) is 0 Å². The lowest BCUT2D eigenvalue weighted by Gasteiger charge is -2.47. The van der Waals surface area contributed by atoms with Crippen molar-refractivity contribution in [3.63, 3.8) is 0 Å². The van der Waals surface area contributed by atoms with Crippen molar-refractivity contribution in [3.05, 3.63) is 30.3 Å². The van der Waals surface area contributed by atoms with Gasteiger partial charge in [-0.05, 0) is 31.0 Å². The summed E-state index contributed by atoms with van der Waals surface area (Å²) in [5.41, 5.74) is -4.17. The number of rotatable bonds is 3. The van der Waals surface area contributed by atoms with Gasteiger partial charge in [-0.2, -0.15) is 26.3 Å². The fourth-order valence-electron chi connectivity index (χ4n) is 2.83.